The summed E-state index contributed by atoms with van der Waals surface area (Å²) < 4.78 is 25.3. The van der Waals surface area contributed by atoms with Crippen molar-refractivity contribution in [2.45, 2.75) is 25.6 Å². The van der Waals surface area contributed by atoms with Gasteiger partial charge in [0.05, 0.1) is 18.9 Å². The van der Waals surface area contributed by atoms with Crippen LogP contribution in [0.25, 0.3) is 0 Å². The van der Waals surface area contributed by atoms with Crippen LogP contribution in [0.1, 0.15) is 29.2 Å². The van der Waals surface area contributed by atoms with Gasteiger partial charge in [-0.15, -0.1) is 0 Å². The summed E-state index contributed by atoms with van der Waals surface area (Å²) in [5, 5.41) is 2.91. The van der Waals surface area contributed by atoms with Crippen LogP contribution in [0.5, 0.6) is 0 Å². The zero-order chi connectivity index (χ0) is 18.9. The summed E-state index contributed by atoms with van der Waals surface area (Å²) in [4.78, 5) is 23.1. The number of halogens is 1. The molecule has 0 bridgehead atoms. The number of aromatic nitrogens is 2. The number of amides is 1. The molecule has 0 unspecified atom stereocenters. The summed E-state index contributed by atoms with van der Waals surface area (Å²) >= 11 is 0. The summed E-state index contributed by atoms with van der Waals surface area (Å²) in [5.74, 6) is -0.275. The quantitative estimate of drug-likeness (QED) is 0.893. The van der Waals surface area contributed by atoms with Gasteiger partial charge >= 0.3 is 0 Å². The molecule has 2 aliphatic heterocycles. The molecule has 2 fully saturated rings. The predicted octanol–water partition coefficient (Wildman–Crippen LogP) is 2.65. The van der Waals surface area contributed by atoms with E-state index in [0.717, 1.165) is 0 Å². The third kappa shape index (κ3) is 3.77. The number of nitrogens with one attached hydrogen (secondary N) is 1. The zero-order valence-electron chi connectivity index (χ0n) is 15.1. The normalized spacial score (nSPS) is 18.7. The van der Waals surface area contributed by atoms with Gasteiger partial charge in [0, 0.05) is 32.0 Å². The second-order valence-corrected chi connectivity index (χ2v) is 6.69. The summed E-state index contributed by atoms with van der Waals surface area (Å²) in [6.07, 6.45) is 1.28. The van der Waals surface area contributed by atoms with Crippen molar-refractivity contribution in [3.8, 4) is 0 Å². The Balaban J connectivity index is 1.49. The van der Waals surface area contributed by atoms with E-state index in [4.69, 9.17) is 9.47 Å². The van der Waals surface area contributed by atoms with E-state index < -0.39 is 5.79 Å². The van der Waals surface area contributed by atoms with Crippen LogP contribution in [0.15, 0.2) is 30.3 Å². The Morgan fingerprint density at radius 2 is 1.89 bits per heavy atom. The standard InChI is InChI=1S/C19H21FN4O3/c1-13-21-16(12-17(22-13)23-15-5-3-2-4-14(15)20)18(25)24-8-6-19(7-9-24)26-10-11-27-19/h2-5,12H,6-11H2,1H3,(H,21,22,23). The Bertz CT molecular complexity index is 845. The first kappa shape index (κ1) is 17.8. The van der Waals surface area contributed by atoms with Gasteiger partial charge in [0.15, 0.2) is 5.79 Å². The number of likely N-dealkylation sites (tertiary alicyclic amines) is 1. The molecular formula is C19H21FN4O3. The molecule has 0 aliphatic carbocycles. The van der Waals surface area contributed by atoms with Crippen molar-refractivity contribution < 1.29 is 18.7 Å². The molecule has 4 rings (SSSR count). The highest BCUT2D eigenvalue weighted by atomic mass is 19.1. The number of hydrogen-bond acceptors (Lipinski definition) is 6. The van der Waals surface area contributed by atoms with Gasteiger partial charge in [0.2, 0.25) is 0 Å². The van der Waals surface area contributed by atoms with Crippen LogP contribution in [-0.2, 0) is 9.47 Å². The first-order valence-electron chi connectivity index (χ1n) is 8.99. The van der Waals surface area contributed by atoms with Gasteiger partial charge < -0.3 is 19.7 Å². The van der Waals surface area contributed by atoms with E-state index in [2.05, 4.69) is 15.3 Å². The van der Waals surface area contributed by atoms with Crippen LogP contribution in [0.2, 0.25) is 0 Å². The van der Waals surface area contributed by atoms with E-state index in [1.807, 2.05) is 0 Å². The number of carbonyl (C=O) groups is 1. The molecule has 1 aromatic heterocycles. The number of rotatable bonds is 3. The average Bonchev–Trinajstić information content (AvgIpc) is 3.11. The minimum Gasteiger partial charge on any atom is -0.347 e. The molecule has 1 amide bonds. The van der Waals surface area contributed by atoms with Gasteiger partial charge in [-0.25, -0.2) is 14.4 Å². The summed E-state index contributed by atoms with van der Waals surface area (Å²) in [7, 11) is 0. The lowest BCUT2D eigenvalue weighted by Gasteiger charge is -2.37. The average molecular weight is 372 g/mol. The molecule has 0 atom stereocenters. The molecular weight excluding hydrogens is 351 g/mol. The molecule has 7 nitrogen and oxygen atoms in total. The Morgan fingerprint density at radius 1 is 1.19 bits per heavy atom. The molecule has 27 heavy (non-hydrogen) atoms. The fourth-order valence-corrected chi connectivity index (χ4v) is 3.44. The zero-order valence-corrected chi connectivity index (χ0v) is 15.1. The third-order valence-electron chi connectivity index (χ3n) is 4.82. The molecule has 2 saturated heterocycles. The van der Waals surface area contributed by atoms with Crippen LogP contribution in [0.4, 0.5) is 15.9 Å². The second kappa shape index (κ2) is 7.21. The maximum Gasteiger partial charge on any atom is 0.272 e. The number of ether oxygens (including phenoxy) is 2. The van der Waals surface area contributed by atoms with Crippen LogP contribution >= 0.6 is 0 Å². The molecule has 1 N–H and O–H groups in total. The molecule has 8 heteroatoms. The minimum atomic E-state index is -0.532. The molecule has 3 heterocycles. The van der Waals surface area contributed by atoms with Gasteiger partial charge in [-0.3, -0.25) is 4.79 Å². The largest absolute Gasteiger partial charge is 0.347 e. The van der Waals surface area contributed by atoms with E-state index in [0.29, 0.717) is 56.5 Å². The molecule has 1 aromatic carbocycles. The van der Waals surface area contributed by atoms with Crippen molar-refractivity contribution in [3.05, 3.63) is 47.7 Å². The SMILES string of the molecule is Cc1nc(Nc2ccccc2F)cc(C(=O)N2CCC3(CC2)OCCO3)n1. The van der Waals surface area contributed by atoms with E-state index >= 15 is 0 Å². The van der Waals surface area contributed by atoms with Crippen molar-refractivity contribution in [2.24, 2.45) is 0 Å². The Morgan fingerprint density at radius 3 is 2.59 bits per heavy atom. The Kier molecular flexibility index (Phi) is 4.75. The van der Waals surface area contributed by atoms with E-state index in [1.165, 1.54) is 6.07 Å². The number of benzene rings is 1. The Labute approximate surface area is 156 Å². The number of carbonyl (C=O) groups excluding carboxylic acids is 1. The topological polar surface area (TPSA) is 76.6 Å². The lowest BCUT2D eigenvalue weighted by molar-refractivity contribution is -0.181. The van der Waals surface area contributed by atoms with Gasteiger partial charge in [-0.1, -0.05) is 12.1 Å². The van der Waals surface area contributed by atoms with Crippen molar-refractivity contribution in [1.82, 2.24) is 14.9 Å². The van der Waals surface area contributed by atoms with Crippen LogP contribution in [0.3, 0.4) is 0 Å². The van der Waals surface area contributed by atoms with E-state index in [1.54, 1.807) is 36.1 Å². The van der Waals surface area contributed by atoms with Crippen molar-refractivity contribution in [3.63, 3.8) is 0 Å². The van der Waals surface area contributed by atoms with Gasteiger partial charge in [-0.2, -0.15) is 0 Å². The number of hydrogen-bond donors (Lipinski definition) is 1. The van der Waals surface area contributed by atoms with Gasteiger partial charge in [0.1, 0.15) is 23.2 Å². The van der Waals surface area contributed by atoms with Crippen LogP contribution in [0, 0.1) is 12.7 Å². The highest BCUT2D eigenvalue weighted by Crippen LogP contribution is 2.31. The lowest BCUT2D eigenvalue weighted by atomic mass is 10.0. The highest BCUT2D eigenvalue weighted by molar-refractivity contribution is 5.93. The number of para-hydroxylation sites is 1. The van der Waals surface area contributed by atoms with Crippen LogP contribution < -0.4 is 5.32 Å². The predicted molar refractivity (Wildman–Crippen MR) is 96.2 cm³/mol. The van der Waals surface area contributed by atoms with Gasteiger partial charge in [-0.05, 0) is 19.1 Å². The summed E-state index contributed by atoms with van der Waals surface area (Å²) in [5.41, 5.74) is 0.579. The lowest BCUT2D eigenvalue weighted by Crippen LogP contribution is -2.47. The van der Waals surface area contributed by atoms with Crippen molar-refractivity contribution in [1.29, 1.82) is 0 Å². The molecule has 2 aromatic rings. The first-order valence-corrected chi connectivity index (χ1v) is 8.99. The van der Waals surface area contributed by atoms with Crippen LogP contribution in [-0.4, -0.2) is 52.9 Å². The molecule has 1 spiro atoms. The van der Waals surface area contributed by atoms with Crippen molar-refractivity contribution >= 4 is 17.4 Å². The number of anilines is 2. The summed E-state index contributed by atoms with van der Waals surface area (Å²) in [6.45, 7) is 3.99. The van der Waals surface area contributed by atoms with E-state index in [-0.39, 0.29) is 17.4 Å². The van der Waals surface area contributed by atoms with E-state index in [9.17, 15) is 9.18 Å². The monoisotopic (exact) mass is 372 g/mol. The molecule has 0 saturated carbocycles. The van der Waals surface area contributed by atoms with Gasteiger partial charge in [0.25, 0.3) is 5.91 Å². The molecule has 142 valence electrons. The molecule has 0 radical (unpaired) electrons. The minimum absolute atomic E-state index is 0.176. The number of piperidine rings is 1. The fourth-order valence-electron chi connectivity index (χ4n) is 3.44. The maximum atomic E-state index is 13.9. The summed E-state index contributed by atoms with van der Waals surface area (Å²) in [6, 6.07) is 7.86. The highest BCUT2D eigenvalue weighted by Gasteiger charge is 2.41. The second-order valence-electron chi connectivity index (χ2n) is 6.69. The maximum absolute atomic E-state index is 13.9. The first-order chi connectivity index (χ1) is 13.0. The Hall–Kier alpha value is -2.58. The number of nitrogens with zero attached hydrogens (tertiary/aromatic N) is 3. The fraction of sp³-hybridized carbons (Fsp3) is 0.421. The smallest absolute Gasteiger partial charge is 0.272 e. The third-order valence-corrected chi connectivity index (χ3v) is 4.82. The van der Waals surface area contributed by atoms with Crippen molar-refractivity contribution in [2.75, 3.05) is 31.6 Å². The molecule has 2 aliphatic rings. The number of aryl methyl sites for hydroxylation is 1.